The normalized spacial score (nSPS) is 19.9. The Morgan fingerprint density at radius 2 is 1.72 bits per heavy atom. The van der Waals surface area contributed by atoms with Gasteiger partial charge in [0.05, 0.1) is 4.90 Å². The number of hydrogen-bond acceptors (Lipinski definition) is 5. The number of esters is 1. The maximum Gasteiger partial charge on any atom is 0.321 e. The SMILES string of the molecule is C[C@H]1C[C@H](C)CN(C(=O)COC(=O)CNS(=O)(=O)c2ccc3ccccc3c2)C1. The van der Waals surface area contributed by atoms with E-state index in [-0.39, 0.29) is 17.4 Å². The van der Waals surface area contributed by atoms with Crippen LogP contribution in [0.4, 0.5) is 0 Å². The average Bonchev–Trinajstić information content (AvgIpc) is 2.69. The van der Waals surface area contributed by atoms with Crippen molar-refractivity contribution < 1.29 is 22.7 Å². The second-order valence-electron chi connectivity index (χ2n) is 7.74. The van der Waals surface area contributed by atoms with Crippen LogP contribution in [0.25, 0.3) is 10.8 Å². The number of piperidine rings is 1. The van der Waals surface area contributed by atoms with Crippen molar-refractivity contribution in [1.82, 2.24) is 9.62 Å². The molecule has 1 aliphatic heterocycles. The van der Waals surface area contributed by atoms with Crippen LogP contribution in [0.2, 0.25) is 0 Å². The summed E-state index contributed by atoms with van der Waals surface area (Å²) >= 11 is 0. The lowest BCUT2D eigenvalue weighted by molar-refractivity contribution is -0.152. The zero-order chi connectivity index (χ0) is 21.0. The maximum absolute atomic E-state index is 12.4. The zero-order valence-electron chi connectivity index (χ0n) is 16.6. The molecule has 0 spiro atoms. The van der Waals surface area contributed by atoms with Gasteiger partial charge in [0.1, 0.15) is 6.54 Å². The predicted octanol–water partition coefficient (Wildman–Crippen LogP) is 2.17. The number of likely N-dealkylation sites (tertiary alicyclic amines) is 1. The lowest BCUT2D eigenvalue weighted by Gasteiger charge is -2.34. The lowest BCUT2D eigenvalue weighted by Crippen LogP contribution is -2.44. The summed E-state index contributed by atoms with van der Waals surface area (Å²) in [7, 11) is -3.87. The van der Waals surface area contributed by atoms with Gasteiger partial charge in [0.2, 0.25) is 10.0 Å². The fourth-order valence-corrected chi connectivity index (χ4v) is 4.73. The minimum atomic E-state index is -3.87. The van der Waals surface area contributed by atoms with E-state index in [4.69, 9.17) is 4.74 Å². The van der Waals surface area contributed by atoms with Crippen molar-refractivity contribution in [2.75, 3.05) is 26.2 Å². The molecule has 29 heavy (non-hydrogen) atoms. The predicted molar refractivity (Wildman–Crippen MR) is 110 cm³/mol. The summed E-state index contributed by atoms with van der Waals surface area (Å²) in [5, 5.41) is 1.71. The molecular formula is C21H26N2O5S. The van der Waals surface area contributed by atoms with Crippen molar-refractivity contribution in [3.05, 3.63) is 42.5 Å². The minimum Gasteiger partial charge on any atom is -0.455 e. The summed E-state index contributed by atoms with van der Waals surface area (Å²) in [5.74, 6) is -0.228. The Balaban J connectivity index is 1.52. The smallest absolute Gasteiger partial charge is 0.321 e. The number of nitrogens with one attached hydrogen (secondary N) is 1. The second-order valence-corrected chi connectivity index (χ2v) is 9.51. The lowest BCUT2D eigenvalue weighted by atomic mass is 9.92. The molecule has 1 N–H and O–H groups in total. The zero-order valence-corrected chi connectivity index (χ0v) is 17.4. The summed E-state index contributed by atoms with van der Waals surface area (Å²) in [4.78, 5) is 25.9. The highest BCUT2D eigenvalue weighted by atomic mass is 32.2. The molecule has 0 aromatic heterocycles. The molecule has 8 heteroatoms. The molecule has 3 rings (SSSR count). The number of rotatable bonds is 6. The first-order chi connectivity index (χ1) is 13.7. The summed E-state index contributed by atoms with van der Waals surface area (Å²) < 4.78 is 32.1. The van der Waals surface area contributed by atoms with Crippen molar-refractivity contribution in [2.45, 2.75) is 25.2 Å². The van der Waals surface area contributed by atoms with Gasteiger partial charge in [-0.1, -0.05) is 44.2 Å². The molecule has 0 aliphatic carbocycles. The van der Waals surface area contributed by atoms with Gasteiger partial charge in [-0.2, -0.15) is 4.72 Å². The summed E-state index contributed by atoms with van der Waals surface area (Å²) in [5.41, 5.74) is 0. The standard InChI is InChI=1S/C21H26N2O5S/c1-15-9-16(2)13-23(12-15)20(24)14-28-21(25)11-22-29(26,27)19-8-7-17-5-3-4-6-18(17)10-19/h3-8,10,15-16,22H,9,11-14H2,1-2H3/t15-,16-/m0/s1. The fourth-order valence-electron chi connectivity index (χ4n) is 3.72. The molecule has 0 bridgehead atoms. The highest BCUT2D eigenvalue weighted by Gasteiger charge is 2.26. The van der Waals surface area contributed by atoms with E-state index >= 15 is 0 Å². The molecule has 0 radical (unpaired) electrons. The van der Waals surface area contributed by atoms with Crippen LogP contribution >= 0.6 is 0 Å². The number of nitrogens with zero attached hydrogens (tertiary/aromatic N) is 1. The summed E-state index contributed by atoms with van der Waals surface area (Å²) in [6.07, 6.45) is 1.07. The van der Waals surface area contributed by atoms with Gasteiger partial charge >= 0.3 is 5.97 Å². The number of fused-ring (bicyclic) bond motifs is 1. The number of sulfonamides is 1. The Morgan fingerprint density at radius 1 is 1.07 bits per heavy atom. The first kappa shape index (κ1) is 21.3. The number of hydrogen-bond donors (Lipinski definition) is 1. The molecule has 0 saturated carbocycles. The van der Waals surface area contributed by atoms with Gasteiger partial charge in [-0.05, 0) is 41.2 Å². The van der Waals surface area contributed by atoms with Gasteiger partial charge in [-0.15, -0.1) is 0 Å². The van der Waals surface area contributed by atoms with Crippen LogP contribution < -0.4 is 4.72 Å². The van der Waals surface area contributed by atoms with Crippen molar-refractivity contribution in [3.63, 3.8) is 0 Å². The minimum absolute atomic E-state index is 0.0661. The number of carbonyl (C=O) groups excluding carboxylic acids is 2. The fraction of sp³-hybridized carbons (Fsp3) is 0.429. The Morgan fingerprint density at radius 3 is 2.41 bits per heavy atom. The largest absolute Gasteiger partial charge is 0.455 e. The van der Waals surface area contributed by atoms with Crippen molar-refractivity contribution in [1.29, 1.82) is 0 Å². The molecule has 7 nitrogen and oxygen atoms in total. The number of amides is 1. The van der Waals surface area contributed by atoms with E-state index in [1.54, 1.807) is 17.0 Å². The first-order valence-electron chi connectivity index (χ1n) is 9.66. The van der Waals surface area contributed by atoms with Crippen LogP contribution in [-0.4, -0.2) is 51.4 Å². The Labute approximate surface area is 171 Å². The molecule has 1 aliphatic rings. The van der Waals surface area contributed by atoms with Gasteiger partial charge in [0.15, 0.2) is 6.61 Å². The monoisotopic (exact) mass is 418 g/mol. The number of carbonyl (C=O) groups is 2. The molecule has 2 aromatic rings. The van der Waals surface area contributed by atoms with E-state index < -0.39 is 22.5 Å². The van der Waals surface area contributed by atoms with E-state index in [0.717, 1.165) is 17.2 Å². The van der Waals surface area contributed by atoms with E-state index in [0.29, 0.717) is 24.9 Å². The van der Waals surface area contributed by atoms with Crippen LogP contribution in [0.15, 0.2) is 47.4 Å². The van der Waals surface area contributed by atoms with E-state index in [2.05, 4.69) is 18.6 Å². The van der Waals surface area contributed by atoms with E-state index in [1.807, 2.05) is 24.3 Å². The molecular weight excluding hydrogens is 392 g/mol. The number of benzene rings is 2. The Hall–Kier alpha value is -2.45. The van der Waals surface area contributed by atoms with Gasteiger partial charge in [0, 0.05) is 13.1 Å². The van der Waals surface area contributed by atoms with Gasteiger partial charge < -0.3 is 9.64 Å². The van der Waals surface area contributed by atoms with Crippen LogP contribution in [0, 0.1) is 11.8 Å². The summed E-state index contributed by atoms with van der Waals surface area (Å²) in [6.45, 7) is 4.56. The van der Waals surface area contributed by atoms with Crippen LogP contribution in [0.3, 0.4) is 0 Å². The number of ether oxygens (including phenoxy) is 1. The first-order valence-corrected chi connectivity index (χ1v) is 11.1. The van der Waals surface area contributed by atoms with E-state index in [1.165, 1.54) is 6.07 Å². The third-order valence-corrected chi connectivity index (χ3v) is 6.41. The molecule has 0 unspecified atom stereocenters. The Bertz CT molecular complexity index is 995. The third kappa shape index (κ3) is 5.55. The molecule has 1 fully saturated rings. The average molecular weight is 419 g/mol. The van der Waals surface area contributed by atoms with Crippen molar-refractivity contribution >= 4 is 32.7 Å². The van der Waals surface area contributed by atoms with Crippen LogP contribution in [0.5, 0.6) is 0 Å². The topological polar surface area (TPSA) is 92.8 Å². The Kier molecular flexibility index (Phi) is 6.54. The van der Waals surface area contributed by atoms with E-state index in [9.17, 15) is 18.0 Å². The van der Waals surface area contributed by atoms with Crippen LogP contribution in [-0.2, 0) is 24.3 Å². The van der Waals surface area contributed by atoms with Gasteiger partial charge in [-0.3, -0.25) is 9.59 Å². The van der Waals surface area contributed by atoms with Gasteiger partial charge in [0.25, 0.3) is 5.91 Å². The molecule has 2 aromatic carbocycles. The third-order valence-electron chi connectivity index (χ3n) is 5.02. The molecule has 156 valence electrons. The summed E-state index contributed by atoms with van der Waals surface area (Å²) in [6, 6.07) is 12.1. The molecule has 2 atom stereocenters. The quantitative estimate of drug-likeness (QED) is 0.726. The maximum atomic E-state index is 12.4. The van der Waals surface area contributed by atoms with Gasteiger partial charge in [-0.25, -0.2) is 8.42 Å². The molecule has 1 amide bonds. The second kappa shape index (κ2) is 8.92. The molecule has 1 heterocycles. The van der Waals surface area contributed by atoms with Crippen molar-refractivity contribution in [3.8, 4) is 0 Å². The van der Waals surface area contributed by atoms with Crippen LogP contribution in [0.1, 0.15) is 20.3 Å². The van der Waals surface area contributed by atoms with Crippen molar-refractivity contribution in [2.24, 2.45) is 11.8 Å². The molecule has 1 saturated heterocycles. The highest BCUT2D eigenvalue weighted by molar-refractivity contribution is 7.89. The highest BCUT2D eigenvalue weighted by Crippen LogP contribution is 2.21.